The van der Waals surface area contributed by atoms with Crippen LogP contribution < -0.4 is 6.54 Å². The van der Waals surface area contributed by atoms with Crippen molar-refractivity contribution in [2.75, 3.05) is 0 Å². The van der Waals surface area contributed by atoms with Gasteiger partial charge in [-0.2, -0.15) is 0 Å². The second-order valence-corrected chi connectivity index (χ2v) is 31.1. The van der Waals surface area contributed by atoms with Crippen molar-refractivity contribution in [1.29, 1.82) is 0 Å². The van der Waals surface area contributed by atoms with E-state index in [9.17, 15) is 0 Å². The van der Waals surface area contributed by atoms with Gasteiger partial charge in [0.2, 0.25) is 0 Å². The van der Waals surface area contributed by atoms with Crippen LogP contribution in [-0.4, -0.2) is 4.21 Å². The van der Waals surface area contributed by atoms with Crippen LogP contribution in [0.1, 0.15) is 109 Å². The zero-order chi connectivity index (χ0) is 37.4. The van der Waals surface area contributed by atoms with Gasteiger partial charge in [-0.15, -0.1) is 24.8 Å². The van der Waals surface area contributed by atoms with Crippen molar-refractivity contribution in [3.63, 3.8) is 0 Å². The molecule has 4 aromatic carbocycles. The van der Waals surface area contributed by atoms with Crippen molar-refractivity contribution < 1.29 is 27.1 Å². The summed E-state index contributed by atoms with van der Waals surface area (Å²) in [5.41, 5.74) is 14.0. The number of rotatable bonds is 5. The van der Waals surface area contributed by atoms with Crippen LogP contribution in [0, 0.1) is 23.0 Å². The van der Waals surface area contributed by atoms with Crippen molar-refractivity contribution in [2.24, 2.45) is 11.3 Å². The minimum absolute atomic E-state index is 0. The van der Waals surface area contributed by atoms with E-state index in [-0.39, 0.29) is 53.2 Å². The summed E-state index contributed by atoms with van der Waals surface area (Å²) in [7, 11) is 0. The molecule has 8 rings (SSSR count). The number of hydrogen-bond donors (Lipinski definition) is 0. The number of fused-ring (bicyclic) bond motifs is 5. The maximum absolute atomic E-state index is 15.8. The third-order valence-electron chi connectivity index (χ3n) is 13.4. The van der Waals surface area contributed by atoms with Gasteiger partial charge < -0.3 is 0 Å². The van der Waals surface area contributed by atoms with Gasteiger partial charge in [0, 0.05) is 0 Å². The third kappa shape index (κ3) is 5.45. The number of benzene rings is 4. The Labute approximate surface area is 335 Å². The van der Waals surface area contributed by atoms with Crippen LogP contribution in [0.15, 0.2) is 103 Å². The molecule has 54 heavy (non-hydrogen) atoms. The molecule has 4 aliphatic carbocycles. The van der Waals surface area contributed by atoms with Gasteiger partial charge in [-0.05, 0) is 0 Å². The fourth-order valence-corrected chi connectivity index (χ4v) is 30.2. The normalized spacial score (nSPS) is 19.2. The van der Waals surface area contributed by atoms with Crippen LogP contribution >= 0.6 is 24.8 Å². The predicted octanol–water partition coefficient (Wildman–Crippen LogP) is 12.8. The Kier molecular flexibility index (Phi) is 9.83. The van der Waals surface area contributed by atoms with E-state index in [1.807, 2.05) is 12.1 Å². The summed E-state index contributed by atoms with van der Waals surface area (Å²) in [6.07, 6.45) is 9.03. The van der Waals surface area contributed by atoms with E-state index in [0.717, 1.165) is 19.4 Å². The van der Waals surface area contributed by atoms with Crippen LogP contribution in [0.25, 0.3) is 22.3 Å². The van der Waals surface area contributed by atoms with Gasteiger partial charge in [0.25, 0.3) is 0 Å². The first-order valence-electron chi connectivity index (χ1n) is 19.1. The predicted molar refractivity (Wildman–Crippen MR) is 230 cm³/mol. The number of hydrogen-bond acceptors (Lipinski definition) is 0. The summed E-state index contributed by atoms with van der Waals surface area (Å²) in [5.74, 6) is -0.463. The second-order valence-electron chi connectivity index (χ2n) is 18.4. The monoisotopic (exact) mass is 840 g/mol. The van der Waals surface area contributed by atoms with Crippen molar-refractivity contribution in [3.8, 4) is 11.1 Å². The molecule has 0 saturated carbocycles. The maximum atomic E-state index is 15.8. The van der Waals surface area contributed by atoms with E-state index in [0.29, 0.717) is 0 Å². The number of halogens is 4. The van der Waals surface area contributed by atoms with E-state index >= 15 is 8.78 Å². The zero-order valence-electron chi connectivity index (χ0n) is 33.4. The molecule has 0 aliphatic heterocycles. The summed E-state index contributed by atoms with van der Waals surface area (Å²) in [6.45, 7) is 22.9. The van der Waals surface area contributed by atoms with Crippen LogP contribution in [0.2, 0.25) is 0 Å². The SMILES string of the molecule is Cl.Cl.[CH2]=[Zr]([C]1=CC(C(C)(C)C)=CC1CC)([C]1=C(C)c2cc3c(cc2C1(C)C)Cc1cc2c(cc1-3)C(C)=CC2(C)C)([c]1cccc(F)c1)[c]1cccc(F)c1. The standard InChI is InChI=1S/C25H25.C11H17.2C6H4F.CH2.2ClH.Zr/c1-14-12-24(3,4)22-8-16-7-17-9-23-19(15(2)13-25(23,5)6)11-21(17)20(16)10-18(14)22;1-5-9-6-7-10(8-9)11(2,3)4;2*7-6-4-2-1-3-5-6;;;;/h8-12H,7H2,1-6H3;7-9H,5H2,1-4H3;2*1-2,4-5H;1H2;2*1H;. The van der Waals surface area contributed by atoms with E-state index in [1.165, 1.54) is 79.9 Å². The second kappa shape index (κ2) is 13.0. The first-order chi connectivity index (χ1) is 24.3. The summed E-state index contributed by atoms with van der Waals surface area (Å²) in [5, 5.41) is 0. The summed E-state index contributed by atoms with van der Waals surface area (Å²) in [6, 6.07) is 24.2. The topological polar surface area (TPSA) is 0 Å². The Balaban J connectivity index is 0.00000249. The van der Waals surface area contributed by atoms with Crippen molar-refractivity contribution in [3.05, 3.63) is 148 Å². The van der Waals surface area contributed by atoms with Gasteiger partial charge in [0.15, 0.2) is 0 Å². The molecule has 0 fully saturated rings. The van der Waals surface area contributed by atoms with E-state index < -0.39 is 23.7 Å². The van der Waals surface area contributed by atoms with E-state index in [2.05, 4.69) is 124 Å². The zero-order valence-corrected chi connectivity index (χ0v) is 37.5. The Bertz CT molecular complexity index is 2410. The Hall–Kier alpha value is -2.97. The van der Waals surface area contributed by atoms with Gasteiger partial charge in [0.05, 0.1) is 0 Å². The van der Waals surface area contributed by atoms with Crippen LogP contribution in [0.4, 0.5) is 8.78 Å². The molecule has 0 saturated heterocycles. The molecular weight excluding hydrogens is 789 g/mol. The Morgan fingerprint density at radius 1 is 0.759 bits per heavy atom. The molecule has 0 spiro atoms. The van der Waals surface area contributed by atoms with Crippen molar-refractivity contribution in [2.45, 2.75) is 92.9 Å². The van der Waals surface area contributed by atoms with Crippen molar-refractivity contribution >= 4 is 46.7 Å². The molecule has 1 atom stereocenters. The van der Waals surface area contributed by atoms with Crippen LogP contribution in [-0.2, 0) is 35.5 Å². The first kappa shape index (κ1) is 40.7. The summed E-state index contributed by atoms with van der Waals surface area (Å²) >= 11 is -5.51. The summed E-state index contributed by atoms with van der Waals surface area (Å²) in [4.78, 5) is 0. The molecule has 282 valence electrons. The molecule has 0 radical (unpaired) electrons. The van der Waals surface area contributed by atoms with Crippen LogP contribution in [0.3, 0.4) is 0 Å². The average Bonchev–Trinajstić information content (AvgIpc) is 3.78. The first-order valence-corrected chi connectivity index (χ1v) is 25.7. The molecule has 0 amide bonds. The van der Waals surface area contributed by atoms with E-state index in [4.69, 9.17) is 4.21 Å². The van der Waals surface area contributed by atoms with Gasteiger partial charge in [-0.3, -0.25) is 0 Å². The average molecular weight is 843 g/mol. The van der Waals surface area contributed by atoms with Gasteiger partial charge in [-0.25, -0.2) is 0 Å². The Morgan fingerprint density at radius 2 is 1.30 bits per heavy atom. The molecular formula is C49H54Cl2F2Zr. The molecule has 0 N–H and O–H groups in total. The molecule has 1 unspecified atom stereocenters. The molecule has 0 bridgehead atoms. The minimum atomic E-state index is -5.51. The molecule has 5 heteroatoms. The fraction of sp³-hybridized carbons (Fsp3) is 0.327. The van der Waals surface area contributed by atoms with Crippen molar-refractivity contribution in [1.82, 2.24) is 0 Å². The molecule has 4 aliphatic rings. The molecule has 0 nitrogen and oxygen atoms in total. The third-order valence-corrected chi connectivity index (χ3v) is 30.8. The molecule has 0 heterocycles. The number of allylic oxidation sites excluding steroid dienone is 8. The summed E-state index contributed by atoms with van der Waals surface area (Å²) < 4.78 is 41.6. The van der Waals surface area contributed by atoms with Gasteiger partial charge >= 0.3 is 313 Å². The van der Waals surface area contributed by atoms with Gasteiger partial charge in [0.1, 0.15) is 0 Å². The fourth-order valence-electron chi connectivity index (χ4n) is 11.1. The molecule has 4 aromatic rings. The quantitative estimate of drug-likeness (QED) is 0.165. The Morgan fingerprint density at radius 3 is 1.81 bits per heavy atom. The van der Waals surface area contributed by atoms with Gasteiger partial charge in [-0.1, -0.05) is 0 Å². The van der Waals surface area contributed by atoms with E-state index in [1.54, 1.807) is 12.1 Å². The molecule has 0 aromatic heterocycles. The van der Waals surface area contributed by atoms with Crippen LogP contribution in [0.5, 0.6) is 0 Å².